The lowest BCUT2D eigenvalue weighted by Gasteiger charge is -2.21. The third-order valence-electron chi connectivity index (χ3n) is 9.15. The van der Waals surface area contributed by atoms with E-state index < -0.39 is 5.75 Å². The Bertz CT molecular complexity index is 2450. The topological polar surface area (TPSA) is 78.5 Å². The molecule has 0 spiro atoms. The molecule has 3 N–H and O–H groups in total. The van der Waals surface area contributed by atoms with Gasteiger partial charge in [0.15, 0.2) is 11.5 Å². The third kappa shape index (κ3) is 4.09. The first-order valence-corrected chi connectivity index (χ1v) is 15.3. The van der Waals surface area contributed by atoms with Crippen molar-refractivity contribution in [2.45, 2.75) is 0 Å². The van der Waals surface area contributed by atoms with Crippen molar-refractivity contribution in [1.82, 2.24) is 9.55 Å². The molecule has 0 saturated heterocycles. The lowest BCUT2D eigenvalue weighted by molar-refractivity contribution is 0.399. The molecular weight excluding hydrogens is 566 g/mol. The minimum atomic E-state index is -0.397. The molecule has 1 heterocycles. The Morgan fingerprint density at radius 2 is 1.04 bits per heavy atom. The van der Waals surface area contributed by atoms with Gasteiger partial charge in [0, 0.05) is 5.56 Å². The maximum atomic E-state index is 11.5. The number of aromatic nitrogens is 2. The van der Waals surface area contributed by atoms with E-state index in [-0.39, 0.29) is 17.2 Å². The van der Waals surface area contributed by atoms with Crippen molar-refractivity contribution in [3.63, 3.8) is 0 Å². The molecule has 0 bridgehead atoms. The van der Waals surface area contributed by atoms with Gasteiger partial charge in [-0.15, -0.1) is 0 Å². The van der Waals surface area contributed by atoms with Gasteiger partial charge >= 0.3 is 0 Å². The summed E-state index contributed by atoms with van der Waals surface area (Å²) in [7, 11) is 3.41. The van der Waals surface area contributed by atoms with E-state index in [9.17, 15) is 15.3 Å². The molecule has 8 aromatic rings. The highest BCUT2D eigenvalue weighted by Gasteiger charge is 2.27. The summed E-state index contributed by atoms with van der Waals surface area (Å²) in [5.41, 5.74) is 7.66. The summed E-state index contributed by atoms with van der Waals surface area (Å²) in [5, 5.41) is 38.0. The zero-order valence-corrected chi connectivity index (χ0v) is 25.4. The van der Waals surface area contributed by atoms with Gasteiger partial charge in [-0.2, -0.15) is 0 Å². The molecule has 0 aliphatic heterocycles. The van der Waals surface area contributed by atoms with E-state index in [1.54, 1.807) is 20.3 Å². The van der Waals surface area contributed by atoms with E-state index >= 15 is 0 Å². The molecule has 0 radical (unpaired) electrons. The van der Waals surface area contributed by atoms with Gasteiger partial charge in [-0.1, -0.05) is 109 Å². The Morgan fingerprint density at radius 1 is 0.478 bits per heavy atom. The quantitative estimate of drug-likeness (QED) is 0.102. The number of hydrogen-bond acceptors (Lipinski definition) is 4. The van der Waals surface area contributed by atoms with E-state index in [0.717, 1.165) is 49.4 Å². The highest BCUT2D eigenvalue weighted by Crippen LogP contribution is 2.47. The van der Waals surface area contributed by atoms with Crippen LogP contribution in [0, 0.1) is 0 Å². The molecule has 8 rings (SSSR count). The van der Waals surface area contributed by atoms with Crippen LogP contribution in [-0.2, 0) is 0 Å². The summed E-state index contributed by atoms with van der Waals surface area (Å²) in [4.78, 5) is 5.17. The third-order valence-corrected chi connectivity index (χ3v) is 9.15. The minimum absolute atomic E-state index is 0.0922. The van der Waals surface area contributed by atoms with E-state index in [4.69, 9.17) is 4.98 Å². The van der Waals surface area contributed by atoms with Gasteiger partial charge in [0.05, 0.1) is 11.0 Å². The van der Waals surface area contributed by atoms with Crippen molar-refractivity contribution in [3.05, 3.63) is 127 Å². The number of hydrogen-bond donors (Lipinski definition) is 3. The molecule has 0 aliphatic carbocycles. The molecule has 7 heteroatoms. The van der Waals surface area contributed by atoms with Crippen LogP contribution in [-0.4, -0.2) is 40.6 Å². The van der Waals surface area contributed by atoms with Gasteiger partial charge in [-0.25, -0.2) is 4.98 Å². The monoisotopic (exact) mass is 594 g/mol. The van der Waals surface area contributed by atoms with Crippen molar-refractivity contribution >= 4 is 59.2 Å². The van der Waals surface area contributed by atoms with Crippen LogP contribution >= 0.6 is 0 Å². The number of fused-ring (bicyclic) bond motifs is 3. The Labute approximate surface area is 267 Å². The van der Waals surface area contributed by atoms with Gasteiger partial charge in [0.2, 0.25) is 0 Å². The molecule has 0 fully saturated rings. The van der Waals surface area contributed by atoms with Crippen LogP contribution in [0.15, 0.2) is 127 Å². The van der Waals surface area contributed by atoms with E-state index in [1.807, 2.05) is 60.7 Å². The number of phenolic OH excluding ortho intramolecular Hbond substituents is 3. The Hall–Kier alpha value is -5.94. The van der Waals surface area contributed by atoms with Gasteiger partial charge in [-0.3, -0.25) is 4.57 Å². The van der Waals surface area contributed by atoms with Crippen LogP contribution < -0.4 is 10.9 Å². The second-order valence-electron chi connectivity index (χ2n) is 11.7. The fraction of sp³-hybridized carbons (Fsp3) is 0. The largest absolute Gasteiger partial charge is 0.506 e. The zero-order valence-electron chi connectivity index (χ0n) is 25.4. The van der Waals surface area contributed by atoms with Crippen LogP contribution in [0.3, 0.4) is 0 Å². The summed E-state index contributed by atoms with van der Waals surface area (Å²) >= 11 is 0. The SMILES string of the molecule is Bc1c(B)c(O)c(-n2c(-c3c4ccccc4c(-c4ccccc4)c4cc(-c5ccccc5)ccc34)nc3ccccc32)c(O)c1O. The first-order chi connectivity index (χ1) is 22.4. The molecule has 1 aromatic heterocycles. The lowest BCUT2D eigenvalue weighted by Crippen LogP contribution is -2.27. The highest BCUT2D eigenvalue weighted by atomic mass is 16.3. The number of para-hydroxylation sites is 2. The van der Waals surface area contributed by atoms with Crippen molar-refractivity contribution in [2.24, 2.45) is 0 Å². The van der Waals surface area contributed by atoms with E-state index in [0.29, 0.717) is 27.8 Å². The van der Waals surface area contributed by atoms with Crippen LogP contribution in [0.1, 0.15) is 0 Å². The second-order valence-corrected chi connectivity index (χ2v) is 11.7. The number of imidazole rings is 1. The maximum Gasteiger partial charge on any atom is 0.185 e. The average Bonchev–Trinajstić information content (AvgIpc) is 3.48. The molecule has 0 unspecified atom stereocenters. The summed E-state index contributed by atoms with van der Waals surface area (Å²) in [6, 6.07) is 43.2. The van der Waals surface area contributed by atoms with Crippen molar-refractivity contribution in [1.29, 1.82) is 0 Å². The molecule has 5 nitrogen and oxygen atoms in total. The molecule has 7 aromatic carbocycles. The Balaban J connectivity index is 1.58. The summed E-state index contributed by atoms with van der Waals surface area (Å²) < 4.78 is 1.78. The van der Waals surface area contributed by atoms with Gasteiger partial charge in [0.25, 0.3) is 0 Å². The fourth-order valence-electron chi connectivity index (χ4n) is 6.71. The lowest BCUT2D eigenvalue weighted by atomic mass is 9.78. The van der Waals surface area contributed by atoms with Crippen LogP contribution in [0.4, 0.5) is 0 Å². The molecule has 0 aliphatic rings. The molecule has 0 atom stereocenters. The molecular formula is C39H28B2N2O3. The number of phenols is 3. The number of rotatable bonds is 4. The fourth-order valence-corrected chi connectivity index (χ4v) is 6.71. The van der Waals surface area contributed by atoms with Crippen molar-refractivity contribution < 1.29 is 15.3 Å². The van der Waals surface area contributed by atoms with Crippen LogP contribution in [0.5, 0.6) is 17.2 Å². The highest BCUT2D eigenvalue weighted by molar-refractivity contribution is 6.51. The van der Waals surface area contributed by atoms with Crippen LogP contribution in [0.2, 0.25) is 0 Å². The van der Waals surface area contributed by atoms with Gasteiger partial charge in [0.1, 0.15) is 33.0 Å². The van der Waals surface area contributed by atoms with Crippen molar-refractivity contribution in [3.8, 4) is 56.6 Å². The second kappa shape index (κ2) is 10.6. The number of aromatic hydroxyl groups is 3. The first kappa shape index (κ1) is 27.6. The summed E-state index contributed by atoms with van der Waals surface area (Å²) in [6.45, 7) is 0. The van der Waals surface area contributed by atoms with Crippen molar-refractivity contribution in [2.75, 3.05) is 0 Å². The normalized spacial score (nSPS) is 11.5. The molecule has 0 saturated carbocycles. The maximum absolute atomic E-state index is 11.5. The summed E-state index contributed by atoms with van der Waals surface area (Å²) in [5.74, 6) is -0.234. The minimum Gasteiger partial charge on any atom is -0.506 e. The smallest absolute Gasteiger partial charge is 0.185 e. The molecule has 0 amide bonds. The summed E-state index contributed by atoms with van der Waals surface area (Å²) in [6.07, 6.45) is 0. The Kier molecular flexibility index (Phi) is 6.36. The average molecular weight is 594 g/mol. The first-order valence-electron chi connectivity index (χ1n) is 15.3. The molecule has 46 heavy (non-hydrogen) atoms. The predicted octanol–water partition coefficient (Wildman–Crippen LogP) is 5.97. The van der Waals surface area contributed by atoms with Gasteiger partial charge < -0.3 is 15.3 Å². The van der Waals surface area contributed by atoms with E-state index in [1.165, 1.54) is 0 Å². The number of nitrogens with zero attached hydrogens (tertiary/aromatic N) is 2. The van der Waals surface area contributed by atoms with Crippen LogP contribution in [0.25, 0.3) is 71.9 Å². The van der Waals surface area contributed by atoms with Gasteiger partial charge in [-0.05, 0) is 72.9 Å². The standard InChI is InChI=1S/C39H28B2N2O3/c40-33-34(41)37(45)38(46)35(36(33)44)43-30-18-10-9-17-29(30)42-39(43)32-26-16-8-7-15-25(26)31(23-13-5-2-6-14-23)28-21-24(19-20-27(28)32)22-11-3-1-4-12-22/h1-21,44-46H,40-41H2. The predicted molar refractivity (Wildman–Crippen MR) is 194 cm³/mol. The Morgan fingerprint density at radius 3 is 1.76 bits per heavy atom. The molecule has 218 valence electrons. The number of benzene rings is 7. The van der Waals surface area contributed by atoms with E-state index in [2.05, 4.69) is 66.7 Å². The zero-order chi connectivity index (χ0) is 31.5.